The van der Waals surface area contributed by atoms with Gasteiger partial charge in [0.05, 0.1) is 0 Å². The Bertz CT molecular complexity index is 543. The van der Waals surface area contributed by atoms with Gasteiger partial charge in [-0.15, -0.1) is 0 Å². The topological polar surface area (TPSA) is 72.2 Å². The van der Waals surface area contributed by atoms with Crippen molar-refractivity contribution in [3.05, 3.63) is 28.5 Å². The molecule has 3 N–H and O–H groups in total. The van der Waals surface area contributed by atoms with Gasteiger partial charge < -0.3 is 5.32 Å². The van der Waals surface area contributed by atoms with Crippen molar-refractivity contribution >= 4 is 21.6 Å². The lowest BCUT2D eigenvalue weighted by Crippen LogP contribution is -2.19. The highest BCUT2D eigenvalue weighted by Crippen LogP contribution is 2.24. The first kappa shape index (κ1) is 12.8. The maximum absolute atomic E-state index is 13.9. The van der Waals surface area contributed by atoms with Gasteiger partial charge in [0.2, 0.25) is 10.0 Å². The Morgan fingerprint density at radius 3 is 2.65 bits per heavy atom. The Labute approximate surface area is 104 Å². The minimum atomic E-state index is -4.09. The molecule has 0 saturated heterocycles. The van der Waals surface area contributed by atoms with Gasteiger partial charge in [0, 0.05) is 23.2 Å². The summed E-state index contributed by atoms with van der Waals surface area (Å²) in [4.78, 5) is -0.558. The minimum Gasteiger partial charge on any atom is -0.310 e. The Balaban J connectivity index is 2.34. The Morgan fingerprint density at radius 2 is 2.12 bits per heavy atom. The lowest BCUT2D eigenvalue weighted by Gasteiger charge is -2.08. The second-order valence-corrected chi connectivity index (χ2v) is 6.04. The largest absolute Gasteiger partial charge is 0.310 e. The van der Waals surface area contributed by atoms with Crippen LogP contribution in [0.4, 0.5) is 4.39 Å². The summed E-state index contributed by atoms with van der Waals surface area (Å²) < 4.78 is 36.2. The molecule has 0 aliphatic heterocycles. The number of rotatable bonds is 4. The molecule has 1 saturated carbocycles. The summed E-state index contributed by atoms with van der Waals surface area (Å²) in [5.41, 5.74) is 0.216. The third-order valence-corrected chi connectivity index (χ3v) is 3.67. The van der Waals surface area contributed by atoms with Crippen LogP contribution in [-0.4, -0.2) is 14.5 Å². The number of hydrogen-bond donors (Lipinski definition) is 2. The van der Waals surface area contributed by atoms with Crippen molar-refractivity contribution in [2.24, 2.45) is 5.14 Å². The summed E-state index contributed by atoms with van der Waals surface area (Å²) in [6.07, 6.45) is 2.12. The van der Waals surface area contributed by atoms with Gasteiger partial charge in [-0.1, -0.05) is 11.6 Å². The number of sulfonamides is 1. The molecule has 1 fully saturated rings. The van der Waals surface area contributed by atoms with Crippen LogP contribution in [-0.2, 0) is 16.6 Å². The summed E-state index contributed by atoms with van der Waals surface area (Å²) in [5.74, 6) is -0.829. The molecule has 1 aromatic rings. The van der Waals surface area contributed by atoms with Gasteiger partial charge in [0.25, 0.3) is 0 Å². The van der Waals surface area contributed by atoms with E-state index in [0.717, 1.165) is 18.9 Å². The maximum Gasteiger partial charge on any atom is 0.241 e. The number of nitrogens with one attached hydrogen (secondary N) is 1. The molecule has 17 heavy (non-hydrogen) atoms. The van der Waals surface area contributed by atoms with Gasteiger partial charge in [0.15, 0.2) is 0 Å². The number of primary sulfonamides is 1. The van der Waals surface area contributed by atoms with Crippen molar-refractivity contribution in [2.75, 3.05) is 0 Å². The third kappa shape index (κ3) is 3.16. The van der Waals surface area contributed by atoms with Crippen LogP contribution in [0.2, 0.25) is 5.02 Å². The highest BCUT2D eigenvalue weighted by molar-refractivity contribution is 7.89. The maximum atomic E-state index is 13.9. The second kappa shape index (κ2) is 4.53. The fourth-order valence-electron chi connectivity index (χ4n) is 1.50. The molecular weight excluding hydrogens is 267 g/mol. The monoisotopic (exact) mass is 278 g/mol. The molecule has 0 spiro atoms. The molecular formula is C10H12ClFN2O2S. The van der Waals surface area contributed by atoms with E-state index in [1.165, 1.54) is 6.07 Å². The van der Waals surface area contributed by atoms with Crippen molar-refractivity contribution in [3.63, 3.8) is 0 Å². The number of benzene rings is 1. The van der Waals surface area contributed by atoms with Crippen molar-refractivity contribution in [1.29, 1.82) is 0 Å². The van der Waals surface area contributed by atoms with E-state index in [1.54, 1.807) is 0 Å². The SMILES string of the molecule is NS(=O)(=O)c1cc(Cl)cc(CNC2CC2)c1F. The number of nitrogens with two attached hydrogens (primary N) is 1. The predicted molar refractivity (Wildman–Crippen MR) is 62.6 cm³/mol. The van der Waals surface area contributed by atoms with Gasteiger partial charge in [-0.3, -0.25) is 0 Å². The zero-order valence-electron chi connectivity index (χ0n) is 8.91. The molecule has 0 amide bonds. The third-order valence-electron chi connectivity index (χ3n) is 2.54. The number of hydrogen-bond acceptors (Lipinski definition) is 3. The van der Waals surface area contributed by atoms with Crippen molar-refractivity contribution in [1.82, 2.24) is 5.32 Å². The fourth-order valence-corrected chi connectivity index (χ4v) is 2.47. The van der Waals surface area contributed by atoms with E-state index in [4.69, 9.17) is 16.7 Å². The van der Waals surface area contributed by atoms with Crippen LogP contribution in [0.1, 0.15) is 18.4 Å². The highest BCUT2D eigenvalue weighted by atomic mass is 35.5. The molecule has 0 heterocycles. The first-order chi connectivity index (χ1) is 7.88. The summed E-state index contributed by atoms with van der Waals surface area (Å²) in [6.45, 7) is 0.250. The Morgan fingerprint density at radius 1 is 1.47 bits per heavy atom. The standard InChI is InChI=1S/C10H12ClFN2O2S/c11-7-3-6(5-14-8-1-2-8)10(12)9(4-7)17(13,15)16/h3-4,8,14H,1-2,5H2,(H2,13,15,16). The smallest absolute Gasteiger partial charge is 0.241 e. The quantitative estimate of drug-likeness (QED) is 0.874. The summed E-state index contributed by atoms with van der Waals surface area (Å²) in [5, 5.41) is 8.16. The summed E-state index contributed by atoms with van der Waals surface area (Å²) in [7, 11) is -4.09. The van der Waals surface area contributed by atoms with E-state index in [9.17, 15) is 12.8 Å². The van der Waals surface area contributed by atoms with Crippen LogP contribution in [0.25, 0.3) is 0 Å². The molecule has 0 radical (unpaired) electrons. The zero-order valence-corrected chi connectivity index (χ0v) is 10.5. The van der Waals surface area contributed by atoms with E-state index in [1.807, 2.05) is 0 Å². The van der Waals surface area contributed by atoms with Gasteiger partial charge in [-0.05, 0) is 25.0 Å². The molecule has 0 bridgehead atoms. The fraction of sp³-hybridized carbons (Fsp3) is 0.400. The van der Waals surface area contributed by atoms with E-state index >= 15 is 0 Å². The van der Waals surface area contributed by atoms with Gasteiger partial charge in [0.1, 0.15) is 10.7 Å². The van der Waals surface area contributed by atoms with E-state index < -0.39 is 20.7 Å². The molecule has 0 atom stereocenters. The van der Waals surface area contributed by atoms with Crippen LogP contribution >= 0.6 is 11.6 Å². The first-order valence-electron chi connectivity index (χ1n) is 5.12. The lowest BCUT2D eigenvalue weighted by atomic mass is 10.2. The summed E-state index contributed by atoms with van der Waals surface area (Å²) >= 11 is 5.74. The van der Waals surface area contributed by atoms with Crippen LogP contribution < -0.4 is 10.5 Å². The Kier molecular flexibility index (Phi) is 3.40. The minimum absolute atomic E-state index is 0.156. The van der Waals surface area contributed by atoms with Crippen LogP contribution in [0, 0.1) is 5.82 Å². The highest BCUT2D eigenvalue weighted by Gasteiger charge is 2.23. The molecule has 1 aromatic carbocycles. The predicted octanol–water partition coefficient (Wildman–Crippen LogP) is 1.38. The summed E-state index contributed by atoms with van der Waals surface area (Å²) in [6, 6.07) is 2.82. The molecule has 1 aliphatic rings. The molecule has 0 unspecified atom stereocenters. The second-order valence-electron chi connectivity index (χ2n) is 4.08. The zero-order chi connectivity index (χ0) is 12.6. The molecule has 2 rings (SSSR count). The molecule has 94 valence electrons. The molecule has 7 heteroatoms. The average molecular weight is 279 g/mol. The van der Waals surface area contributed by atoms with Gasteiger partial charge in [-0.2, -0.15) is 0 Å². The average Bonchev–Trinajstić information content (AvgIpc) is 3.01. The van der Waals surface area contributed by atoms with Crippen molar-refractivity contribution < 1.29 is 12.8 Å². The van der Waals surface area contributed by atoms with Crippen LogP contribution in [0.15, 0.2) is 17.0 Å². The van der Waals surface area contributed by atoms with Crippen LogP contribution in [0.5, 0.6) is 0 Å². The van der Waals surface area contributed by atoms with Crippen LogP contribution in [0.3, 0.4) is 0 Å². The van der Waals surface area contributed by atoms with Crippen molar-refractivity contribution in [3.8, 4) is 0 Å². The van der Waals surface area contributed by atoms with Crippen molar-refractivity contribution in [2.45, 2.75) is 30.3 Å². The lowest BCUT2D eigenvalue weighted by molar-refractivity contribution is 0.548. The first-order valence-corrected chi connectivity index (χ1v) is 7.04. The number of halogens is 2. The molecule has 1 aliphatic carbocycles. The Hall–Kier alpha value is -0.690. The molecule has 0 aromatic heterocycles. The van der Waals surface area contributed by atoms with Gasteiger partial charge in [-0.25, -0.2) is 17.9 Å². The van der Waals surface area contributed by atoms with E-state index in [-0.39, 0.29) is 17.1 Å². The molecule has 4 nitrogen and oxygen atoms in total. The normalized spacial score (nSPS) is 16.2. The van der Waals surface area contributed by atoms with E-state index in [2.05, 4.69) is 5.32 Å². The van der Waals surface area contributed by atoms with E-state index in [0.29, 0.717) is 6.04 Å². The van der Waals surface area contributed by atoms with Gasteiger partial charge >= 0.3 is 0 Å².